The maximum atomic E-state index is 13.7. The Labute approximate surface area is 215 Å². The number of aromatic nitrogens is 1. The van der Waals surface area contributed by atoms with Crippen LogP contribution in [-0.2, 0) is 14.4 Å². The van der Waals surface area contributed by atoms with Gasteiger partial charge in [-0.15, -0.1) is 0 Å². The van der Waals surface area contributed by atoms with Crippen molar-refractivity contribution in [1.82, 2.24) is 20.5 Å². The summed E-state index contributed by atoms with van der Waals surface area (Å²) in [5.74, 6) is -1.06. The highest BCUT2D eigenvalue weighted by Crippen LogP contribution is 2.65. The van der Waals surface area contributed by atoms with E-state index >= 15 is 0 Å². The van der Waals surface area contributed by atoms with Gasteiger partial charge in [0.2, 0.25) is 11.8 Å². The molecule has 37 heavy (non-hydrogen) atoms. The average Bonchev–Trinajstić information content (AvgIpc) is 3.27. The number of benzene rings is 1. The molecule has 1 aliphatic carbocycles. The molecule has 0 radical (unpaired) electrons. The number of carbonyl (C=O) groups is 4. The van der Waals surface area contributed by atoms with Gasteiger partial charge in [0.1, 0.15) is 24.1 Å². The number of aliphatic hydroxyl groups excluding tert-OH is 1. The number of nitrogens with one attached hydrogen (secondary N) is 3. The Morgan fingerprint density at radius 2 is 2.08 bits per heavy atom. The topological polar surface area (TPSA) is 141 Å². The highest BCUT2D eigenvalue weighted by Gasteiger charge is 2.69. The Hall–Kier alpha value is -3.40. The molecule has 2 saturated heterocycles. The van der Waals surface area contributed by atoms with E-state index in [9.17, 15) is 24.3 Å². The van der Waals surface area contributed by atoms with Gasteiger partial charge in [0, 0.05) is 29.9 Å². The van der Waals surface area contributed by atoms with Gasteiger partial charge in [-0.1, -0.05) is 19.9 Å². The van der Waals surface area contributed by atoms with Crippen LogP contribution < -0.4 is 15.4 Å². The van der Waals surface area contributed by atoms with Crippen LogP contribution in [0.2, 0.25) is 0 Å². The van der Waals surface area contributed by atoms with E-state index < -0.39 is 36.3 Å². The molecule has 2 aliphatic heterocycles. The number of rotatable bonds is 8. The Morgan fingerprint density at radius 1 is 1.30 bits per heavy atom. The summed E-state index contributed by atoms with van der Waals surface area (Å²) < 4.78 is 5.41. The van der Waals surface area contributed by atoms with Crippen LogP contribution in [0.15, 0.2) is 24.3 Å². The molecule has 0 bridgehead atoms. The molecule has 2 aromatic rings. The largest absolute Gasteiger partial charge is 0.496 e. The Morgan fingerprint density at radius 3 is 2.78 bits per heavy atom. The van der Waals surface area contributed by atoms with E-state index in [1.54, 1.807) is 18.1 Å². The van der Waals surface area contributed by atoms with E-state index in [2.05, 4.69) is 29.5 Å². The maximum Gasteiger partial charge on any atom is 0.271 e. The molecule has 3 amide bonds. The number of hydrogen-bond donors (Lipinski definition) is 4. The fourth-order valence-corrected chi connectivity index (χ4v) is 6.35. The van der Waals surface area contributed by atoms with E-state index in [0.717, 1.165) is 17.3 Å². The first kappa shape index (κ1) is 25.3. The van der Waals surface area contributed by atoms with Crippen molar-refractivity contribution in [3.63, 3.8) is 0 Å². The van der Waals surface area contributed by atoms with Gasteiger partial charge in [-0.05, 0) is 54.7 Å². The number of ether oxygens (including phenoxy) is 1. The number of piperidine rings is 2. The summed E-state index contributed by atoms with van der Waals surface area (Å²) in [7, 11) is 1.57. The molecule has 5 atom stereocenters. The predicted octanol–water partition coefficient (Wildman–Crippen LogP) is 1.24. The molecule has 4 N–H and O–H groups in total. The summed E-state index contributed by atoms with van der Waals surface area (Å²) >= 11 is 0. The number of aromatic amines is 1. The smallest absolute Gasteiger partial charge is 0.271 e. The molecule has 3 aliphatic rings. The predicted molar refractivity (Wildman–Crippen MR) is 135 cm³/mol. The molecule has 3 heterocycles. The molecule has 1 saturated carbocycles. The number of methoxy groups -OCH3 is 1. The van der Waals surface area contributed by atoms with Gasteiger partial charge in [-0.2, -0.15) is 0 Å². The molecular formula is C27H34N4O6. The van der Waals surface area contributed by atoms with Crippen LogP contribution in [0.1, 0.15) is 43.6 Å². The minimum atomic E-state index is -0.999. The Balaban J connectivity index is 1.39. The van der Waals surface area contributed by atoms with Gasteiger partial charge in [0.05, 0.1) is 13.2 Å². The van der Waals surface area contributed by atoms with Gasteiger partial charge in [0.15, 0.2) is 5.78 Å². The highest BCUT2D eigenvalue weighted by atomic mass is 16.5. The van der Waals surface area contributed by atoms with E-state index in [-0.39, 0.29) is 35.5 Å². The number of carbonyl (C=O) groups excluding carboxylic acids is 4. The van der Waals surface area contributed by atoms with E-state index in [1.165, 1.54) is 0 Å². The molecule has 10 heteroatoms. The number of likely N-dealkylation sites (tertiary alicyclic amines) is 1. The summed E-state index contributed by atoms with van der Waals surface area (Å²) in [5, 5.41) is 15.9. The number of amides is 3. The molecule has 1 aromatic carbocycles. The number of fused-ring (bicyclic) bond motifs is 2. The molecule has 198 valence electrons. The van der Waals surface area contributed by atoms with Crippen molar-refractivity contribution < 1.29 is 29.0 Å². The Bertz CT molecular complexity index is 1250. The third-order valence-corrected chi connectivity index (χ3v) is 8.59. The van der Waals surface area contributed by atoms with Crippen LogP contribution >= 0.6 is 0 Å². The number of Topliss-reactive ketones (excluding diaryl/α,β-unsaturated/α-hetero) is 1. The number of nitrogens with zero attached hydrogens (tertiary/aromatic N) is 1. The van der Waals surface area contributed by atoms with Crippen LogP contribution in [0.5, 0.6) is 5.75 Å². The fraction of sp³-hybridized carbons (Fsp3) is 0.556. The number of hydrogen-bond acceptors (Lipinski definition) is 6. The van der Waals surface area contributed by atoms with E-state index in [4.69, 9.17) is 4.74 Å². The maximum absolute atomic E-state index is 13.7. The number of H-pyrrole nitrogens is 1. The highest BCUT2D eigenvalue weighted by molar-refractivity contribution is 6.02. The first-order chi connectivity index (χ1) is 17.7. The third-order valence-electron chi connectivity index (χ3n) is 8.59. The lowest BCUT2D eigenvalue weighted by molar-refractivity contribution is -0.134. The third kappa shape index (κ3) is 4.37. The molecule has 0 spiro atoms. The second-order valence-corrected chi connectivity index (χ2v) is 11.0. The normalized spacial score (nSPS) is 26.8. The zero-order valence-electron chi connectivity index (χ0n) is 21.4. The summed E-state index contributed by atoms with van der Waals surface area (Å²) in [5.41, 5.74) is 1.01. The van der Waals surface area contributed by atoms with Crippen LogP contribution in [0, 0.1) is 23.2 Å². The Kier molecular flexibility index (Phi) is 6.47. The average molecular weight is 511 g/mol. The summed E-state index contributed by atoms with van der Waals surface area (Å²) in [6, 6.07) is 5.49. The van der Waals surface area contributed by atoms with Crippen molar-refractivity contribution in [2.24, 2.45) is 23.2 Å². The molecule has 10 nitrogen and oxygen atoms in total. The van der Waals surface area contributed by atoms with Crippen molar-refractivity contribution in [1.29, 1.82) is 0 Å². The second-order valence-electron chi connectivity index (χ2n) is 11.0. The van der Waals surface area contributed by atoms with Gasteiger partial charge < -0.3 is 30.4 Å². The lowest BCUT2D eigenvalue weighted by atomic mass is 9.90. The first-order valence-electron chi connectivity index (χ1n) is 12.9. The van der Waals surface area contributed by atoms with Gasteiger partial charge in [-0.25, -0.2) is 0 Å². The quantitative estimate of drug-likeness (QED) is 0.421. The molecule has 3 unspecified atom stereocenters. The number of ketones is 1. The lowest BCUT2D eigenvalue weighted by Crippen LogP contribution is -2.54. The van der Waals surface area contributed by atoms with Crippen LogP contribution in [0.3, 0.4) is 0 Å². The zero-order valence-corrected chi connectivity index (χ0v) is 21.4. The van der Waals surface area contributed by atoms with Crippen LogP contribution in [0.4, 0.5) is 0 Å². The molecular weight excluding hydrogens is 476 g/mol. The fourth-order valence-electron chi connectivity index (χ4n) is 6.35. The molecule has 1 aromatic heterocycles. The molecule has 3 fully saturated rings. The zero-order chi connectivity index (χ0) is 26.5. The second kappa shape index (κ2) is 9.48. The van der Waals surface area contributed by atoms with Crippen molar-refractivity contribution in [2.75, 3.05) is 26.8 Å². The standard InChI is InChI=1S/C27H34N4O6/c1-27(2)16-12-31(26(36)19-11-15-17(29-19)7-4-8-21(15)37-3)23(22(16)27)25(35)30-18(20(33)13-32)10-14-6-5-9-28-24(14)34/h4,7-8,11,14,16,18,22-23,29,32H,5-6,9-10,12-13H2,1-3H3,(H,28,34)(H,30,35)/t14-,16?,18-,22?,23?/m0/s1. The minimum Gasteiger partial charge on any atom is -0.496 e. The van der Waals surface area contributed by atoms with Gasteiger partial charge in [0.25, 0.3) is 5.91 Å². The summed E-state index contributed by atoms with van der Waals surface area (Å²) in [6.45, 7) is 4.46. The monoisotopic (exact) mass is 510 g/mol. The summed E-state index contributed by atoms with van der Waals surface area (Å²) in [4.78, 5) is 56.9. The van der Waals surface area contributed by atoms with Crippen LogP contribution in [-0.4, -0.2) is 77.4 Å². The van der Waals surface area contributed by atoms with Gasteiger partial charge >= 0.3 is 0 Å². The SMILES string of the molecule is COc1cccc2[nH]c(C(=O)N3CC4C(C3C(=O)N[C@@H](C[C@@H]3CCCNC3=O)C(=O)CO)C4(C)C)cc12. The van der Waals surface area contributed by atoms with Crippen molar-refractivity contribution in [3.05, 3.63) is 30.0 Å². The summed E-state index contributed by atoms with van der Waals surface area (Å²) in [6.07, 6.45) is 1.53. The van der Waals surface area contributed by atoms with Crippen molar-refractivity contribution in [2.45, 2.75) is 45.2 Å². The first-order valence-corrected chi connectivity index (χ1v) is 12.9. The number of aliphatic hydroxyl groups is 1. The minimum absolute atomic E-state index is 0.0433. The van der Waals surface area contributed by atoms with Crippen molar-refractivity contribution in [3.8, 4) is 5.75 Å². The van der Waals surface area contributed by atoms with E-state index in [1.807, 2.05) is 18.2 Å². The van der Waals surface area contributed by atoms with E-state index in [0.29, 0.717) is 31.0 Å². The van der Waals surface area contributed by atoms with Crippen molar-refractivity contribution >= 4 is 34.4 Å². The molecule has 5 rings (SSSR count). The lowest BCUT2D eigenvalue weighted by Gasteiger charge is -2.32. The van der Waals surface area contributed by atoms with Gasteiger partial charge in [-0.3, -0.25) is 19.2 Å². The van der Waals surface area contributed by atoms with Crippen LogP contribution in [0.25, 0.3) is 10.9 Å².